The molecule has 0 saturated heterocycles. The van der Waals surface area contributed by atoms with Gasteiger partial charge in [0.05, 0.1) is 17.5 Å². The number of sulfonamides is 1. The third-order valence-electron chi connectivity index (χ3n) is 5.24. The monoisotopic (exact) mass is 440 g/mol. The van der Waals surface area contributed by atoms with Crippen LogP contribution >= 0.6 is 0 Å². The van der Waals surface area contributed by atoms with Crippen molar-refractivity contribution in [3.8, 4) is 11.5 Å². The van der Waals surface area contributed by atoms with E-state index < -0.39 is 15.9 Å². The molecule has 31 heavy (non-hydrogen) atoms. The van der Waals surface area contributed by atoms with Crippen molar-refractivity contribution in [2.75, 3.05) is 26.8 Å². The van der Waals surface area contributed by atoms with E-state index >= 15 is 0 Å². The van der Waals surface area contributed by atoms with E-state index in [4.69, 9.17) is 9.47 Å². The zero-order valence-corrected chi connectivity index (χ0v) is 18.2. The van der Waals surface area contributed by atoms with E-state index in [2.05, 4.69) is 5.32 Å². The van der Waals surface area contributed by atoms with Crippen LogP contribution in [0.25, 0.3) is 10.8 Å². The Balaban J connectivity index is 1.43. The molecule has 0 bridgehead atoms. The van der Waals surface area contributed by atoms with Gasteiger partial charge in [-0.05, 0) is 47.5 Å². The van der Waals surface area contributed by atoms with Crippen LogP contribution in [0.15, 0.2) is 65.6 Å². The summed E-state index contributed by atoms with van der Waals surface area (Å²) in [5.74, 6) is 0.921. The van der Waals surface area contributed by atoms with Crippen LogP contribution in [0, 0.1) is 0 Å². The summed E-state index contributed by atoms with van der Waals surface area (Å²) in [5.41, 5.74) is 0.845. The van der Waals surface area contributed by atoms with Gasteiger partial charge in [0.25, 0.3) is 0 Å². The van der Waals surface area contributed by atoms with Crippen LogP contribution in [-0.2, 0) is 14.8 Å². The van der Waals surface area contributed by atoms with Crippen LogP contribution in [0.4, 0.5) is 0 Å². The Labute approximate surface area is 181 Å². The highest BCUT2D eigenvalue weighted by molar-refractivity contribution is 7.89. The van der Waals surface area contributed by atoms with Gasteiger partial charge in [0.2, 0.25) is 15.9 Å². The summed E-state index contributed by atoms with van der Waals surface area (Å²) in [6.07, 6.45) is 0. The van der Waals surface area contributed by atoms with E-state index in [1.807, 2.05) is 49.4 Å². The first-order valence-electron chi connectivity index (χ1n) is 9.98. The normalized spacial score (nSPS) is 14.4. The summed E-state index contributed by atoms with van der Waals surface area (Å²) in [5, 5.41) is 4.63. The minimum Gasteiger partial charge on any atom is -0.486 e. The zero-order chi connectivity index (χ0) is 22.0. The molecular formula is C23H24N2O5S. The van der Waals surface area contributed by atoms with Crippen LogP contribution in [0.3, 0.4) is 0 Å². The number of carbonyl (C=O) groups excluding carboxylic acids is 1. The van der Waals surface area contributed by atoms with Crippen LogP contribution in [0.2, 0.25) is 0 Å². The van der Waals surface area contributed by atoms with E-state index in [1.165, 1.54) is 7.05 Å². The van der Waals surface area contributed by atoms with Gasteiger partial charge in [0.15, 0.2) is 11.5 Å². The molecule has 1 amide bonds. The highest BCUT2D eigenvalue weighted by Gasteiger charge is 2.24. The minimum absolute atomic E-state index is 0.154. The molecule has 1 N–H and O–H groups in total. The highest BCUT2D eigenvalue weighted by Crippen LogP contribution is 2.32. The van der Waals surface area contributed by atoms with Gasteiger partial charge in [0, 0.05) is 7.05 Å². The fraction of sp³-hybridized carbons (Fsp3) is 0.261. The number of hydrogen-bond donors (Lipinski definition) is 1. The first-order valence-corrected chi connectivity index (χ1v) is 11.4. The van der Waals surface area contributed by atoms with Crippen molar-refractivity contribution in [1.29, 1.82) is 0 Å². The average molecular weight is 441 g/mol. The summed E-state index contributed by atoms with van der Waals surface area (Å²) in [7, 11) is -2.40. The summed E-state index contributed by atoms with van der Waals surface area (Å²) in [6.45, 7) is 2.54. The average Bonchev–Trinajstić information content (AvgIpc) is 2.78. The summed E-state index contributed by atoms with van der Waals surface area (Å²) in [6, 6.07) is 17.6. The molecule has 162 valence electrons. The Hall–Kier alpha value is -3.10. The second-order valence-electron chi connectivity index (χ2n) is 7.46. The smallest absolute Gasteiger partial charge is 0.243 e. The number of likely N-dealkylation sites (N-methyl/N-ethyl adjacent to an activating group) is 1. The first kappa shape index (κ1) is 21.1. The molecule has 0 radical (unpaired) electrons. The van der Waals surface area contributed by atoms with E-state index in [0.29, 0.717) is 24.7 Å². The Kier molecular flexibility index (Phi) is 5.84. The molecule has 1 aliphatic rings. The van der Waals surface area contributed by atoms with Gasteiger partial charge < -0.3 is 14.8 Å². The second kappa shape index (κ2) is 8.56. The number of benzene rings is 3. The van der Waals surface area contributed by atoms with Crippen molar-refractivity contribution in [3.63, 3.8) is 0 Å². The number of fused-ring (bicyclic) bond motifs is 2. The molecule has 0 fully saturated rings. The minimum atomic E-state index is -3.80. The maximum atomic E-state index is 12.9. The summed E-state index contributed by atoms with van der Waals surface area (Å²) in [4.78, 5) is 12.7. The standard InChI is InChI=1S/C23H24N2O5S/c1-16(18-8-10-21-22(14-18)30-12-11-29-21)24-23(26)15-25(2)31(27,28)20-9-7-17-5-3-4-6-19(17)13-20/h3-10,13-14,16H,11-12,15H2,1-2H3,(H,24,26)/t16-/m0/s1. The Bertz CT molecular complexity index is 1230. The molecule has 1 aliphatic heterocycles. The van der Waals surface area contributed by atoms with Gasteiger partial charge in [-0.25, -0.2) is 8.42 Å². The van der Waals surface area contributed by atoms with Gasteiger partial charge in [-0.15, -0.1) is 0 Å². The van der Waals surface area contributed by atoms with Crippen molar-refractivity contribution in [2.45, 2.75) is 17.9 Å². The summed E-state index contributed by atoms with van der Waals surface area (Å²) < 4.78 is 38.0. The lowest BCUT2D eigenvalue weighted by molar-refractivity contribution is -0.121. The third kappa shape index (κ3) is 4.50. The number of hydrogen-bond acceptors (Lipinski definition) is 5. The Morgan fingerprint density at radius 3 is 2.48 bits per heavy atom. The lowest BCUT2D eigenvalue weighted by Crippen LogP contribution is -2.39. The number of nitrogens with one attached hydrogen (secondary N) is 1. The number of ether oxygens (including phenoxy) is 2. The molecule has 4 rings (SSSR count). The highest BCUT2D eigenvalue weighted by atomic mass is 32.2. The third-order valence-corrected chi connectivity index (χ3v) is 7.04. The molecular weight excluding hydrogens is 416 g/mol. The lowest BCUT2D eigenvalue weighted by atomic mass is 10.1. The molecule has 3 aromatic rings. The number of rotatable bonds is 6. The van der Waals surface area contributed by atoms with Crippen molar-refractivity contribution < 1.29 is 22.7 Å². The maximum absolute atomic E-state index is 12.9. The first-order chi connectivity index (χ1) is 14.8. The molecule has 7 nitrogen and oxygen atoms in total. The molecule has 0 aromatic heterocycles. The molecule has 0 spiro atoms. The number of nitrogens with zero attached hydrogens (tertiary/aromatic N) is 1. The number of carbonyl (C=O) groups is 1. The van der Waals surface area contributed by atoms with Crippen LogP contribution in [0.5, 0.6) is 11.5 Å². The quantitative estimate of drug-likeness (QED) is 0.637. The van der Waals surface area contributed by atoms with Crippen molar-refractivity contribution in [3.05, 3.63) is 66.2 Å². The molecule has 1 heterocycles. The molecule has 3 aromatic carbocycles. The Morgan fingerprint density at radius 2 is 1.71 bits per heavy atom. The van der Waals surface area contributed by atoms with Gasteiger partial charge in [0.1, 0.15) is 13.2 Å². The van der Waals surface area contributed by atoms with E-state index in [9.17, 15) is 13.2 Å². The van der Waals surface area contributed by atoms with Gasteiger partial charge >= 0.3 is 0 Å². The largest absolute Gasteiger partial charge is 0.486 e. The Morgan fingerprint density at radius 1 is 1.00 bits per heavy atom. The van der Waals surface area contributed by atoms with Gasteiger partial charge in [-0.1, -0.05) is 36.4 Å². The van der Waals surface area contributed by atoms with Crippen molar-refractivity contribution >= 4 is 26.7 Å². The zero-order valence-electron chi connectivity index (χ0n) is 17.4. The second-order valence-corrected chi connectivity index (χ2v) is 9.51. The van der Waals surface area contributed by atoms with Crippen LogP contribution in [0.1, 0.15) is 18.5 Å². The van der Waals surface area contributed by atoms with E-state index in [1.54, 1.807) is 18.2 Å². The van der Waals surface area contributed by atoms with Crippen molar-refractivity contribution in [1.82, 2.24) is 9.62 Å². The predicted molar refractivity (Wildman–Crippen MR) is 118 cm³/mol. The van der Waals surface area contributed by atoms with Gasteiger partial charge in [-0.2, -0.15) is 4.31 Å². The molecule has 8 heteroatoms. The fourth-order valence-corrected chi connectivity index (χ4v) is 4.66. The maximum Gasteiger partial charge on any atom is 0.243 e. The van der Waals surface area contributed by atoms with Gasteiger partial charge in [-0.3, -0.25) is 4.79 Å². The molecule has 0 saturated carbocycles. The van der Waals surface area contributed by atoms with Crippen LogP contribution < -0.4 is 14.8 Å². The summed E-state index contributed by atoms with van der Waals surface area (Å²) >= 11 is 0. The van der Waals surface area contributed by atoms with Crippen LogP contribution in [-0.4, -0.2) is 45.4 Å². The van der Waals surface area contributed by atoms with Crippen molar-refractivity contribution in [2.24, 2.45) is 0 Å². The molecule has 0 unspecified atom stereocenters. The fourth-order valence-electron chi connectivity index (χ4n) is 3.49. The van der Waals surface area contributed by atoms with E-state index in [-0.39, 0.29) is 17.5 Å². The molecule has 1 atom stereocenters. The number of amides is 1. The topological polar surface area (TPSA) is 84.9 Å². The van der Waals surface area contributed by atoms with E-state index in [0.717, 1.165) is 20.6 Å². The SMILES string of the molecule is C[C@H](NC(=O)CN(C)S(=O)(=O)c1ccc2ccccc2c1)c1ccc2c(c1)OCCO2. The predicted octanol–water partition coefficient (Wildman–Crippen LogP) is 3.11. The lowest BCUT2D eigenvalue weighted by Gasteiger charge is -2.22. The molecule has 0 aliphatic carbocycles.